The number of carboxylic acid groups (broad SMARTS) is 1. The van der Waals surface area contributed by atoms with Gasteiger partial charge in [0, 0.05) is 4.47 Å². The molecule has 0 aliphatic rings. The molecule has 0 bridgehead atoms. The molecule has 2 N–H and O–H groups in total. The van der Waals surface area contributed by atoms with E-state index in [1.165, 1.54) is 12.1 Å². The second-order valence-corrected chi connectivity index (χ2v) is 4.97. The lowest BCUT2D eigenvalue weighted by molar-refractivity contribution is 0.0696. The normalized spacial score (nSPS) is 10.2. The zero-order chi connectivity index (χ0) is 13.7. The van der Waals surface area contributed by atoms with E-state index < -0.39 is 12.1 Å². The molecule has 6 heteroatoms. The van der Waals surface area contributed by atoms with Crippen LogP contribution in [0.3, 0.4) is 0 Å². The van der Waals surface area contributed by atoms with Crippen LogP contribution in [0.4, 0.5) is 10.5 Å². The molecular formula is C12H14BrNO4. The first kappa shape index (κ1) is 14.5. The van der Waals surface area contributed by atoms with Crippen molar-refractivity contribution >= 4 is 33.7 Å². The van der Waals surface area contributed by atoms with E-state index in [0.717, 1.165) is 0 Å². The fourth-order valence-electron chi connectivity index (χ4n) is 1.14. The molecule has 0 heterocycles. The van der Waals surface area contributed by atoms with Gasteiger partial charge in [0.05, 0.1) is 17.9 Å². The fourth-order valence-corrected chi connectivity index (χ4v) is 1.49. The third-order valence-corrected chi connectivity index (χ3v) is 2.69. The van der Waals surface area contributed by atoms with Gasteiger partial charge in [0.2, 0.25) is 0 Å². The van der Waals surface area contributed by atoms with Crippen LogP contribution in [0, 0.1) is 5.92 Å². The van der Waals surface area contributed by atoms with Crippen molar-refractivity contribution in [2.24, 2.45) is 5.92 Å². The first-order chi connectivity index (χ1) is 8.40. The molecule has 0 saturated heterocycles. The zero-order valence-electron chi connectivity index (χ0n) is 10.1. The molecule has 0 saturated carbocycles. The topological polar surface area (TPSA) is 75.6 Å². The molecule has 0 aliphatic carbocycles. The number of halogens is 1. The second-order valence-electron chi connectivity index (χ2n) is 4.12. The summed E-state index contributed by atoms with van der Waals surface area (Å²) in [5, 5.41) is 11.3. The molecule has 0 unspecified atom stereocenters. The number of hydrogen-bond donors (Lipinski definition) is 2. The van der Waals surface area contributed by atoms with Crippen LogP contribution in [0.15, 0.2) is 22.7 Å². The van der Waals surface area contributed by atoms with Crippen molar-refractivity contribution in [3.63, 3.8) is 0 Å². The van der Waals surface area contributed by atoms with Crippen molar-refractivity contribution in [1.29, 1.82) is 0 Å². The largest absolute Gasteiger partial charge is 0.478 e. The first-order valence-electron chi connectivity index (χ1n) is 5.36. The number of hydrogen-bond acceptors (Lipinski definition) is 3. The van der Waals surface area contributed by atoms with Gasteiger partial charge in [-0.1, -0.05) is 13.8 Å². The van der Waals surface area contributed by atoms with Gasteiger partial charge in [-0.25, -0.2) is 9.59 Å². The minimum Gasteiger partial charge on any atom is -0.478 e. The molecular weight excluding hydrogens is 302 g/mol. The Morgan fingerprint density at radius 3 is 2.67 bits per heavy atom. The Hall–Kier alpha value is -1.56. The maximum atomic E-state index is 11.4. The predicted molar refractivity (Wildman–Crippen MR) is 70.9 cm³/mol. The van der Waals surface area contributed by atoms with Gasteiger partial charge in [0.25, 0.3) is 0 Å². The summed E-state index contributed by atoms with van der Waals surface area (Å²) >= 11 is 3.22. The summed E-state index contributed by atoms with van der Waals surface area (Å²) in [6.07, 6.45) is -0.605. The Balaban J connectivity index is 2.74. The highest BCUT2D eigenvalue weighted by Crippen LogP contribution is 2.23. The maximum absolute atomic E-state index is 11.4. The van der Waals surface area contributed by atoms with Crippen LogP contribution < -0.4 is 5.32 Å². The summed E-state index contributed by atoms with van der Waals surface area (Å²) in [5.74, 6) is -0.814. The second kappa shape index (κ2) is 6.39. The fraction of sp³-hybridized carbons (Fsp3) is 0.333. The summed E-state index contributed by atoms with van der Waals surface area (Å²) in [4.78, 5) is 22.3. The summed E-state index contributed by atoms with van der Waals surface area (Å²) in [7, 11) is 0. The molecule has 1 rings (SSSR count). The Morgan fingerprint density at radius 2 is 2.11 bits per heavy atom. The number of ether oxygens (including phenoxy) is 1. The van der Waals surface area contributed by atoms with E-state index in [1.54, 1.807) is 6.07 Å². The molecule has 1 aromatic rings. The monoisotopic (exact) mass is 315 g/mol. The standard InChI is InChI=1S/C12H14BrNO4/c1-7(2)6-18-12(17)14-10-5-8(11(15)16)3-4-9(10)13/h3-5,7H,6H2,1-2H3,(H,14,17)(H,15,16). The van der Waals surface area contributed by atoms with E-state index in [4.69, 9.17) is 9.84 Å². The highest BCUT2D eigenvalue weighted by atomic mass is 79.9. The van der Waals surface area contributed by atoms with Crippen molar-refractivity contribution in [3.05, 3.63) is 28.2 Å². The lowest BCUT2D eigenvalue weighted by Gasteiger charge is -2.10. The van der Waals surface area contributed by atoms with Crippen LogP contribution in [0.25, 0.3) is 0 Å². The van der Waals surface area contributed by atoms with Gasteiger partial charge >= 0.3 is 12.1 Å². The first-order valence-corrected chi connectivity index (χ1v) is 6.16. The number of carbonyl (C=O) groups is 2. The third-order valence-electron chi connectivity index (χ3n) is 2.00. The molecule has 1 amide bonds. The number of carboxylic acids is 1. The van der Waals surface area contributed by atoms with Crippen molar-refractivity contribution in [2.75, 3.05) is 11.9 Å². The van der Waals surface area contributed by atoms with Crippen LogP contribution in [-0.2, 0) is 4.74 Å². The summed E-state index contributed by atoms with van der Waals surface area (Å²) < 4.78 is 5.54. The van der Waals surface area contributed by atoms with Gasteiger partial charge in [0.15, 0.2) is 0 Å². The van der Waals surface area contributed by atoms with Gasteiger partial charge in [-0.3, -0.25) is 5.32 Å². The average molecular weight is 316 g/mol. The quantitative estimate of drug-likeness (QED) is 0.893. The zero-order valence-corrected chi connectivity index (χ0v) is 11.7. The number of carbonyl (C=O) groups excluding carboxylic acids is 1. The Morgan fingerprint density at radius 1 is 1.44 bits per heavy atom. The van der Waals surface area contributed by atoms with Crippen LogP contribution in [0.2, 0.25) is 0 Å². The van der Waals surface area contributed by atoms with Gasteiger partial charge in [0.1, 0.15) is 0 Å². The predicted octanol–water partition coefficient (Wildman–Crippen LogP) is 3.35. The van der Waals surface area contributed by atoms with Crippen molar-refractivity contribution in [3.8, 4) is 0 Å². The van der Waals surface area contributed by atoms with E-state index >= 15 is 0 Å². The van der Waals surface area contributed by atoms with Crippen LogP contribution in [0.1, 0.15) is 24.2 Å². The van der Waals surface area contributed by atoms with Gasteiger partial charge in [-0.2, -0.15) is 0 Å². The van der Waals surface area contributed by atoms with E-state index in [2.05, 4.69) is 21.2 Å². The Labute approximate surface area is 113 Å². The minimum atomic E-state index is -1.05. The molecule has 0 spiro atoms. The molecule has 0 aliphatic heterocycles. The van der Waals surface area contributed by atoms with Crippen molar-refractivity contribution < 1.29 is 19.4 Å². The molecule has 98 valence electrons. The number of aromatic carboxylic acids is 1. The van der Waals surface area contributed by atoms with Gasteiger partial charge in [-0.15, -0.1) is 0 Å². The van der Waals surface area contributed by atoms with Crippen molar-refractivity contribution in [2.45, 2.75) is 13.8 Å². The lowest BCUT2D eigenvalue weighted by atomic mass is 10.2. The molecule has 0 atom stereocenters. The Kier molecular flexibility index (Phi) is 5.15. The number of benzene rings is 1. The van der Waals surface area contributed by atoms with E-state index in [-0.39, 0.29) is 11.5 Å². The SMILES string of the molecule is CC(C)COC(=O)Nc1cc(C(=O)O)ccc1Br. The van der Waals surface area contributed by atoms with Gasteiger partial charge < -0.3 is 9.84 Å². The van der Waals surface area contributed by atoms with E-state index in [9.17, 15) is 9.59 Å². The summed E-state index contributed by atoms with van der Waals surface area (Å²) in [6.45, 7) is 4.16. The number of nitrogens with one attached hydrogen (secondary N) is 1. The minimum absolute atomic E-state index is 0.0948. The molecule has 18 heavy (non-hydrogen) atoms. The molecule has 1 aromatic carbocycles. The highest BCUT2D eigenvalue weighted by Gasteiger charge is 2.10. The average Bonchev–Trinajstić information content (AvgIpc) is 2.29. The molecule has 5 nitrogen and oxygen atoms in total. The number of anilines is 1. The Bertz CT molecular complexity index is 459. The highest BCUT2D eigenvalue weighted by molar-refractivity contribution is 9.10. The summed E-state index contributed by atoms with van der Waals surface area (Å²) in [5.41, 5.74) is 0.459. The molecule has 0 radical (unpaired) electrons. The maximum Gasteiger partial charge on any atom is 0.411 e. The van der Waals surface area contributed by atoms with E-state index in [0.29, 0.717) is 16.8 Å². The lowest BCUT2D eigenvalue weighted by Crippen LogP contribution is -2.17. The van der Waals surface area contributed by atoms with Crippen LogP contribution in [0.5, 0.6) is 0 Å². The van der Waals surface area contributed by atoms with Crippen molar-refractivity contribution in [1.82, 2.24) is 0 Å². The van der Waals surface area contributed by atoms with Crippen LogP contribution >= 0.6 is 15.9 Å². The smallest absolute Gasteiger partial charge is 0.411 e. The number of rotatable bonds is 4. The molecule has 0 fully saturated rings. The summed E-state index contributed by atoms with van der Waals surface area (Å²) in [6, 6.07) is 4.36. The third kappa shape index (κ3) is 4.37. The van der Waals surface area contributed by atoms with Gasteiger partial charge in [-0.05, 0) is 40.0 Å². The van der Waals surface area contributed by atoms with E-state index in [1.807, 2.05) is 13.8 Å². The number of amides is 1. The molecule has 0 aromatic heterocycles. The van der Waals surface area contributed by atoms with Crippen LogP contribution in [-0.4, -0.2) is 23.8 Å².